The predicted molar refractivity (Wildman–Crippen MR) is 94.3 cm³/mol. The average Bonchev–Trinajstić information content (AvgIpc) is 2.51. The Morgan fingerprint density at radius 1 is 0.880 bits per heavy atom. The van der Waals surface area contributed by atoms with Crippen LogP contribution >= 0.6 is 11.8 Å². The molecule has 25 heavy (non-hydrogen) atoms. The van der Waals surface area contributed by atoms with E-state index in [0.29, 0.717) is 13.2 Å². The zero-order chi connectivity index (χ0) is 18.9. The summed E-state index contributed by atoms with van der Waals surface area (Å²) in [6.45, 7) is 7.41. The molecule has 0 saturated heterocycles. The van der Waals surface area contributed by atoms with E-state index in [2.05, 4.69) is 31.2 Å². The van der Waals surface area contributed by atoms with Crippen LogP contribution in [0.1, 0.15) is 19.4 Å². The Morgan fingerprint density at radius 3 is 1.96 bits per heavy atom. The predicted octanol–water partition coefficient (Wildman–Crippen LogP) is 6.24. The third-order valence-electron chi connectivity index (χ3n) is 2.77. The molecule has 0 aromatic heterocycles. The molecule has 0 fully saturated rings. The molecule has 0 bridgehead atoms. The minimum Gasteiger partial charge on any atom is -0.494 e. The van der Waals surface area contributed by atoms with E-state index in [-0.39, 0.29) is 0 Å². The number of hydrogen-bond acceptors (Lipinski definition) is 3. The zero-order valence-electron chi connectivity index (χ0n) is 14.3. The first-order valence-electron chi connectivity index (χ1n) is 7.74. The average molecular weight is 375 g/mol. The van der Waals surface area contributed by atoms with Crippen molar-refractivity contribution >= 4 is 19.0 Å². The maximum absolute atomic E-state index is 9.75. The summed E-state index contributed by atoms with van der Waals surface area (Å²) in [4.78, 5) is 2.28. The summed E-state index contributed by atoms with van der Waals surface area (Å²) in [5.74, 6) is 1.78. The van der Waals surface area contributed by atoms with E-state index in [4.69, 9.17) is 9.47 Å². The Hall–Kier alpha value is -1.83. The second kappa shape index (κ2) is 10.2. The first-order chi connectivity index (χ1) is 11.7. The van der Waals surface area contributed by atoms with E-state index in [1.165, 1.54) is 10.5 Å². The highest BCUT2D eigenvalue weighted by Crippen LogP contribution is 2.37. The molecule has 0 amide bonds. The van der Waals surface area contributed by atoms with E-state index in [1.807, 2.05) is 32.0 Å². The van der Waals surface area contributed by atoms with Crippen LogP contribution in [-0.4, -0.2) is 20.5 Å². The van der Waals surface area contributed by atoms with Crippen molar-refractivity contribution in [2.45, 2.75) is 30.6 Å². The molecule has 0 spiro atoms. The first kappa shape index (κ1) is 21.2. The van der Waals surface area contributed by atoms with Gasteiger partial charge in [0.05, 0.1) is 18.1 Å². The van der Waals surface area contributed by atoms with Gasteiger partial charge in [0, 0.05) is 4.90 Å². The summed E-state index contributed by atoms with van der Waals surface area (Å²) in [5, 5.41) is 0. The van der Waals surface area contributed by atoms with E-state index in [0.717, 1.165) is 16.4 Å². The van der Waals surface area contributed by atoms with Crippen LogP contribution in [0.5, 0.6) is 11.5 Å². The lowest BCUT2D eigenvalue weighted by molar-refractivity contribution is 0.323. The molecule has 0 aliphatic heterocycles. The molecule has 0 N–H and O–H groups in total. The van der Waals surface area contributed by atoms with Crippen LogP contribution in [0.2, 0.25) is 0 Å². The van der Waals surface area contributed by atoms with E-state index < -0.39 is 7.25 Å². The first-order valence-corrected chi connectivity index (χ1v) is 8.56. The van der Waals surface area contributed by atoms with Crippen molar-refractivity contribution in [1.29, 1.82) is 0 Å². The summed E-state index contributed by atoms with van der Waals surface area (Å²) >= 11 is 1.70. The van der Waals surface area contributed by atoms with Gasteiger partial charge in [0.25, 0.3) is 0 Å². The highest BCUT2D eigenvalue weighted by Gasteiger charge is 2.20. The van der Waals surface area contributed by atoms with Gasteiger partial charge in [-0.25, -0.2) is 0 Å². The van der Waals surface area contributed by atoms with Gasteiger partial charge in [-0.15, -0.1) is 0 Å². The standard InChI is InChI=1S/C17H20O2S.BF4/c1-4-18-14-8-11-16(19-5-2)17(12-14)20-15-9-6-13(3)7-10-15;2-1(3,4)5/h6-12H,4-5H2,1-3H3;/q;-1. The fourth-order valence-corrected chi connectivity index (χ4v) is 2.76. The van der Waals surface area contributed by atoms with Gasteiger partial charge in [0.15, 0.2) is 0 Å². The Bertz CT molecular complexity index is 642. The molecule has 0 saturated carbocycles. The van der Waals surface area contributed by atoms with Crippen molar-refractivity contribution in [2.75, 3.05) is 13.2 Å². The summed E-state index contributed by atoms with van der Waals surface area (Å²) in [7, 11) is -6.00. The molecule has 2 nitrogen and oxygen atoms in total. The van der Waals surface area contributed by atoms with Crippen LogP contribution in [0.25, 0.3) is 0 Å². The molecule has 2 rings (SSSR count). The maximum atomic E-state index is 9.75. The monoisotopic (exact) mass is 375 g/mol. The normalized spacial score (nSPS) is 10.7. The molecule has 138 valence electrons. The smallest absolute Gasteiger partial charge is 0.494 e. The number of aryl methyl sites for hydroxylation is 1. The number of benzene rings is 2. The largest absolute Gasteiger partial charge is 0.673 e. The fraction of sp³-hybridized carbons (Fsp3) is 0.294. The lowest BCUT2D eigenvalue weighted by Crippen LogP contribution is -2.02. The molecule has 0 radical (unpaired) electrons. The van der Waals surface area contributed by atoms with Crippen molar-refractivity contribution in [2.24, 2.45) is 0 Å². The zero-order valence-corrected chi connectivity index (χ0v) is 15.1. The number of halogens is 4. The van der Waals surface area contributed by atoms with E-state index in [1.54, 1.807) is 11.8 Å². The van der Waals surface area contributed by atoms with Crippen LogP contribution in [0, 0.1) is 6.92 Å². The van der Waals surface area contributed by atoms with Gasteiger partial charge >= 0.3 is 7.25 Å². The van der Waals surface area contributed by atoms with Crippen molar-refractivity contribution in [3.05, 3.63) is 48.0 Å². The fourth-order valence-electron chi connectivity index (χ4n) is 1.83. The molecular formula is C17H20BF4O2S-. The summed E-state index contributed by atoms with van der Waals surface area (Å²) in [5.41, 5.74) is 1.27. The van der Waals surface area contributed by atoms with E-state index in [9.17, 15) is 17.3 Å². The van der Waals surface area contributed by atoms with Gasteiger partial charge in [0.1, 0.15) is 11.5 Å². The number of ether oxygens (including phenoxy) is 2. The molecule has 0 unspecified atom stereocenters. The molecule has 8 heteroatoms. The van der Waals surface area contributed by atoms with Gasteiger partial charge in [-0.1, -0.05) is 29.5 Å². The summed E-state index contributed by atoms with van der Waals surface area (Å²) in [6, 6.07) is 14.5. The molecule has 0 atom stereocenters. The van der Waals surface area contributed by atoms with Crippen LogP contribution in [0.15, 0.2) is 52.3 Å². The Labute approximate surface area is 149 Å². The van der Waals surface area contributed by atoms with Crippen LogP contribution in [0.3, 0.4) is 0 Å². The summed E-state index contributed by atoms with van der Waals surface area (Å²) < 4.78 is 50.3. The minimum absolute atomic E-state index is 0.662. The third-order valence-corrected chi connectivity index (χ3v) is 3.82. The lowest BCUT2D eigenvalue weighted by atomic mass is 10.2. The maximum Gasteiger partial charge on any atom is 0.673 e. The van der Waals surface area contributed by atoms with Crippen molar-refractivity contribution < 1.29 is 26.7 Å². The Kier molecular flexibility index (Phi) is 8.68. The van der Waals surface area contributed by atoms with Crippen molar-refractivity contribution in [3.8, 4) is 11.5 Å². The van der Waals surface area contributed by atoms with Gasteiger partial charge < -0.3 is 26.7 Å². The summed E-state index contributed by atoms with van der Waals surface area (Å²) in [6.07, 6.45) is 0. The minimum atomic E-state index is -6.00. The van der Waals surface area contributed by atoms with Crippen LogP contribution in [-0.2, 0) is 0 Å². The van der Waals surface area contributed by atoms with Crippen molar-refractivity contribution in [1.82, 2.24) is 0 Å². The third kappa shape index (κ3) is 9.29. The highest BCUT2D eigenvalue weighted by atomic mass is 32.2. The van der Waals surface area contributed by atoms with Crippen LogP contribution in [0.4, 0.5) is 17.3 Å². The van der Waals surface area contributed by atoms with Crippen LogP contribution < -0.4 is 9.47 Å². The Balaban J connectivity index is 0.000000550. The van der Waals surface area contributed by atoms with E-state index >= 15 is 0 Å². The Morgan fingerprint density at radius 2 is 1.44 bits per heavy atom. The molecule has 0 heterocycles. The quantitative estimate of drug-likeness (QED) is 0.440. The molecule has 0 aliphatic rings. The number of rotatable bonds is 6. The van der Waals surface area contributed by atoms with Crippen molar-refractivity contribution in [3.63, 3.8) is 0 Å². The lowest BCUT2D eigenvalue weighted by Gasteiger charge is -2.12. The number of hydrogen-bond donors (Lipinski definition) is 0. The topological polar surface area (TPSA) is 18.5 Å². The second-order valence-electron chi connectivity index (χ2n) is 4.88. The molecule has 0 aliphatic carbocycles. The van der Waals surface area contributed by atoms with Gasteiger partial charge in [-0.3, -0.25) is 0 Å². The molecular weight excluding hydrogens is 355 g/mol. The van der Waals surface area contributed by atoms with Gasteiger partial charge in [0.2, 0.25) is 0 Å². The van der Waals surface area contributed by atoms with Gasteiger partial charge in [-0.2, -0.15) is 0 Å². The highest BCUT2D eigenvalue weighted by molar-refractivity contribution is 7.99. The molecule has 2 aromatic rings. The second-order valence-corrected chi connectivity index (χ2v) is 6.00. The molecule has 2 aromatic carbocycles. The van der Waals surface area contributed by atoms with Gasteiger partial charge in [-0.05, 0) is 51.1 Å². The SMILES string of the molecule is CCOc1ccc(OCC)c(Sc2ccc(C)cc2)c1.F[B-](F)(F)F.